The van der Waals surface area contributed by atoms with E-state index in [9.17, 15) is 9.18 Å². The number of benzene rings is 1. The largest absolute Gasteiger partial charge is 0.325 e. The molecule has 0 radical (unpaired) electrons. The Morgan fingerprint density at radius 1 is 1.55 bits per heavy atom. The number of aromatic nitrogens is 2. The van der Waals surface area contributed by atoms with Crippen molar-refractivity contribution in [2.24, 2.45) is 0 Å². The number of hydrogen-bond acceptors (Lipinski definition) is 6. The Kier molecular flexibility index (Phi) is 5.64. The van der Waals surface area contributed by atoms with E-state index < -0.39 is 5.82 Å². The summed E-state index contributed by atoms with van der Waals surface area (Å²) in [6.45, 7) is 0. The Morgan fingerprint density at radius 2 is 2.35 bits per heavy atom. The quantitative estimate of drug-likeness (QED) is 0.832. The fourth-order valence-electron chi connectivity index (χ4n) is 1.24. The van der Waals surface area contributed by atoms with Crippen LogP contribution in [0.4, 0.5) is 10.1 Å². The van der Waals surface area contributed by atoms with E-state index in [0.717, 1.165) is 4.34 Å². The number of hydrogen-bond donors (Lipinski definition) is 1. The van der Waals surface area contributed by atoms with E-state index in [2.05, 4.69) is 14.7 Å². The van der Waals surface area contributed by atoms with E-state index in [0.29, 0.717) is 10.8 Å². The first-order valence-corrected chi connectivity index (χ1v) is 8.70. The average molecular weight is 350 g/mol. The summed E-state index contributed by atoms with van der Waals surface area (Å²) in [5.74, 6) is -0.615. The number of rotatable bonds is 5. The second-order valence-corrected chi connectivity index (χ2v) is 6.67. The fourth-order valence-corrected chi connectivity index (χ4v) is 3.36. The van der Waals surface area contributed by atoms with Crippen molar-refractivity contribution in [1.82, 2.24) is 9.36 Å². The summed E-state index contributed by atoms with van der Waals surface area (Å²) in [4.78, 5) is 15.9. The van der Waals surface area contributed by atoms with E-state index in [1.54, 1.807) is 6.07 Å². The molecule has 2 aromatic rings. The topological polar surface area (TPSA) is 54.9 Å². The van der Waals surface area contributed by atoms with Crippen LogP contribution in [-0.2, 0) is 4.79 Å². The maximum absolute atomic E-state index is 13.2. The maximum Gasteiger partial charge on any atom is 0.234 e. The minimum absolute atomic E-state index is 0.0239. The molecule has 2 rings (SSSR count). The van der Waals surface area contributed by atoms with Crippen molar-refractivity contribution in [2.75, 3.05) is 17.3 Å². The molecule has 0 aliphatic carbocycles. The molecule has 0 unspecified atom stereocenters. The maximum atomic E-state index is 13.2. The molecular weight excluding hydrogens is 341 g/mol. The van der Waals surface area contributed by atoms with Crippen molar-refractivity contribution in [3.8, 4) is 0 Å². The molecular formula is C11H9ClFN3OS3. The molecule has 20 heavy (non-hydrogen) atoms. The summed E-state index contributed by atoms with van der Waals surface area (Å²) in [7, 11) is 0. The normalized spacial score (nSPS) is 10.6. The van der Waals surface area contributed by atoms with Crippen LogP contribution >= 0.6 is 46.7 Å². The third kappa shape index (κ3) is 4.34. The Labute approximate surface area is 132 Å². The molecule has 1 aromatic carbocycles. The third-order valence-corrected chi connectivity index (χ3v) is 4.90. The Hall–Kier alpha value is -0.830. The van der Waals surface area contributed by atoms with Gasteiger partial charge in [-0.25, -0.2) is 9.37 Å². The number of nitrogens with one attached hydrogen (secondary N) is 1. The lowest BCUT2D eigenvalue weighted by Gasteiger charge is -2.04. The van der Waals surface area contributed by atoms with Gasteiger partial charge in [0.05, 0.1) is 10.8 Å². The molecule has 0 aliphatic rings. The molecule has 1 heterocycles. The first kappa shape index (κ1) is 15.6. The highest BCUT2D eigenvalue weighted by atomic mass is 35.5. The van der Waals surface area contributed by atoms with Crippen LogP contribution in [-0.4, -0.2) is 27.3 Å². The Bertz CT molecular complexity index is 623. The lowest BCUT2D eigenvalue weighted by atomic mass is 10.3. The van der Waals surface area contributed by atoms with Gasteiger partial charge in [0.25, 0.3) is 0 Å². The molecule has 0 atom stereocenters. The van der Waals surface area contributed by atoms with Crippen LogP contribution in [0.2, 0.25) is 5.02 Å². The lowest BCUT2D eigenvalue weighted by Crippen LogP contribution is -2.14. The standard InChI is InChI=1S/C11H9ClFN3OS3/c1-18-10-15-11(20-16-10)19-5-9(17)14-6-2-3-7(12)8(13)4-6/h2-4H,5H2,1H3,(H,14,17). The summed E-state index contributed by atoms with van der Waals surface area (Å²) in [5, 5.41) is 3.31. The van der Waals surface area contributed by atoms with Crippen molar-refractivity contribution < 1.29 is 9.18 Å². The summed E-state index contributed by atoms with van der Waals surface area (Å²) in [5.41, 5.74) is 0.375. The molecule has 0 bridgehead atoms. The SMILES string of the molecule is CSc1nsc(SCC(=O)Nc2ccc(Cl)c(F)c2)n1. The van der Waals surface area contributed by atoms with Gasteiger partial charge in [0, 0.05) is 5.69 Å². The van der Waals surface area contributed by atoms with Crippen LogP contribution in [0.1, 0.15) is 0 Å². The summed E-state index contributed by atoms with van der Waals surface area (Å²) >= 11 is 9.56. The zero-order chi connectivity index (χ0) is 14.5. The van der Waals surface area contributed by atoms with Gasteiger partial charge in [-0.2, -0.15) is 4.37 Å². The van der Waals surface area contributed by atoms with Crippen molar-refractivity contribution >= 4 is 58.3 Å². The van der Waals surface area contributed by atoms with Crippen LogP contribution in [0.3, 0.4) is 0 Å². The van der Waals surface area contributed by atoms with Crippen LogP contribution in [0, 0.1) is 5.82 Å². The van der Waals surface area contributed by atoms with Gasteiger partial charge in [0.2, 0.25) is 11.1 Å². The van der Waals surface area contributed by atoms with Crippen molar-refractivity contribution in [1.29, 1.82) is 0 Å². The zero-order valence-corrected chi connectivity index (χ0v) is 13.4. The molecule has 0 saturated heterocycles. The molecule has 1 N–H and O–H groups in total. The number of halogens is 2. The highest BCUT2D eigenvalue weighted by molar-refractivity contribution is 8.01. The number of thioether (sulfide) groups is 2. The highest BCUT2D eigenvalue weighted by Crippen LogP contribution is 2.24. The van der Waals surface area contributed by atoms with Crippen molar-refractivity contribution in [2.45, 2.75) is 9.50 Å². The number of carbonyl (C=O) groups is 1. The molecule has 0 fully saturated rings. The van der Waals surface area contributed by atoms with Crippen LogP contribution < -0.4 is 5.32 Å². The van der Waals surface area contributed by atoms with Gasteiger partial charge in [0.15, 0.2) is 4.34 Å². The number of anilines is 1. The predicted octanol–water partition coefficient (Wildman–Crippen LogP) is 3.78. The number of carbonyl (C=O) groups excluding carboxylic acids is 1. The second kappa shape index (κ2) is 7.26. The van der Waals surface area contributed by atoms with Gasteiger partial charge < -0.3 is 5.32 Å². The minimum Gasteiger partial charge on any atom is -0.325 e. The molecule has 0 aliphatic heterocycles. The highest BCUT2D eigenvalue weighted by Gasteiger charge is 2.09. The fraction of sp³-hybridized carbons (Fsp3) is 0.182. The molecule has 1 aromatic heterocycles. The van der Waals surface area contributed by atoms with Crippen LogP contribution in [0.25, 0.3) is 0 Å². The van der Waals surface area contributed by atoms with Gasteiger partial charge in [0.1, 0.15) is 5.82 Å². The van der Waals surface area contributed by atoms with Gasteiger partial charge in [-0.15, -0.1) is 0 Å². The number of amides is 1. The van der Waals surface area contributed by atoms with Crippen molar-refractivity contribution in [3.63, 3.8) is 0 Å². The van der Waals surface area contributed by atoms with Crippen LogP contribution in [0.5, 0.6) is 0 Å². The molecule has 9 heteroatoms. The lowest BCUT2D eigenvalue weighted by molar-refractivity contribution is -0.113. The molecule has 106 valence electrons. The molecule has 4 nitrogen and oxygen atoms in total. The van der Waals surface area contributed by atoms with E-state index in [1.165, 1.54) is 47.2 Å². The monoisotopic (exact) mass is 349 g/mol. The second-order valence-electron chi connectivity index (χ2n) is 3.51. The van der Waals surface area contributed by atoms with E-state index in [1.807, 2.05) is 6.26 Å². The predicted molar refractivity (Wildman–Crippen MR) is 82.5 cm³/mol. The zero-order valence-electron chi connectivity index (χ0n) is 10.2. The smallest absolute Gasteiger partial charge is 0.234 e. The van der Waals surface area contributed by atoms with Gasteiger partial charge in [-0.05, 0) is 36.0 Å². The molecule has 0 saturated carbocycles. The Balaban J connectivity index is 1.87. The first-order valence-electron chi connectivity index (χ1n) is 5.34. The Morgan fingerprint density at radius 3 is 3.00 bits per heavy atom. The van der Waals surface area contributed by atoms with Crippen LogP contribution in [0.15, 0.2) is 27.7 Å². The molecule has 0 spiro atoms. The van der Waals surface area contributed by atoms with Gasteiger partial charge in [-0.3, -0.25) is 4.79 Å². The molecule has 1 amide bonds. The minimum atomic E-state index is -0.564. The van der Waals surface area contributed by atoms with E-state index >= 15 is 0 Å². The van der Waals surface area contributed by atoms with Gasteiger partial charge >= 0.3 is 0 Å². The summed E-state index contributed by atoms with van der Waals surface area (Å²) in [6.07, 6.45) is 1.89. The first-order chi connectivity index (χ1) is 9.58. The van der Waals surface area contributed by atoms with E-state index in [-0.39, 0.29) is 16.7 Å². The summed E-state index contributed by atoms with van der Waals surface area (Å²) < 4.78 is 18.0. The van der Waals surface area contributed by atoms with Gasteiger partial charge in [-0.1, -0.05) is 35.1 Å². The third-order valence-electron chi connectivity index (χ3n) is 2.10. The number of nitrogens with zero attached hydrogens (tertiary/aromatic N) is 2. The van der Waals surface area contributed by atoms with Crippen molar-refractivity contribution in [3.05, 3.63) is 29.0 Å². The van der Waals surface area contributed by atoms with E-state index in [4.69, 9.17) is 11.6 Å². The summed E-state index contributed by atoms with van der Waals surface area (Å²) in [6, 6.07) is 4.13. The average Bonchev–Trinajstić information content (AvgIpc) is 2.89.